The number of aromatic nitrogens is 2. The molecule has 3 aromatic rings. The monoisotopic (exact) mass is 329 g/mol. The number of nitriles is 1. The van der Waals surface area contributed by atoms with E-state index in [2.05, 4.69) is 5.10 Å². The van der Waals surface area contributed by atoms with E-state index in [-0.39, 0.29) is 5.56 Å². The summed E-state index contributed by atoms with van der Waals surface area (Å²) in [6.07, 6.45) is -2.83. The molecule has 6 heteroatoms. The van der Waals surface area contributed by atoms with Gasteiger partial charge in [-0.05, 0) is 24.3 Å². The molecule has 2 aromatic carbocycles. The van der Waals surface area contributed by atoms with E-state index in [0.717, 1.165) is 0 Å². The fraction of sp³-hybridized carbons (Fsp3) is 0.0588. The third kappa shape index (κ3) is 2.81. The van der Waals surface area contributed by atoms with Gasteiger partial charge in [0.05, 0.1) is 11.4 Å². The molecule has 0 aliphatic heterocycles. The molecule has 0 N–H and O–H groups in total. The van der Waals surface area contributed by atoms with Crippen LogP contribution in [-0.4, -0.2) is 9.78 Å². The summed E-state index contributed by atoms with van der Waals surface area (Å²) >= 11 is 5.88. The average molecular weight is 330 g/mol. The molecule has 114 valence electrons. The van der Waals surface area contributed by atoms with Crippen molar-refractivity contribution in [2.24, 2.45) is 0 Å². The lowest BCUT2D eigenvalue weighted by Crippen LogP contribution is -1.99. The first kappa shape index (κ1) is 15.2. The number of hydrogen-bond donors (Lipinski definition) is 0. The van der Waals surface area contributed by atoms with Crippen LogP contribution >= 0.6 is 11.6 Å². The Hall–Kier alpha value is -2.71. The second-order valence-corrected chi connectivity index (χ2v) is 5.21. The second kappa shape index (κ2) is 6.19. The third-order valence-electron chi connectivity index (χ3n) is 3.35. The molecule has 0 spiro atoms. The van der Waals surface area contributed by atoms with Gasteiger partial charge in [-0.3, -0.25) is 0 Å². The van der Waals surface area contributed by atoms with E-state index in [4.69, 9.17) is 11.6 Å². The Kier molecular flexibility index (Phi) is 4.09. The first-order valence-corrected chi connectivity index (χ1v) is 7.12. The van der Waals surface area contributed by atoms with Crippen molar-refractivity contribution in [1.29, 1.82) is 5.26 Å². The van der Waals surface area contributed by atoms with Gasteiger partial charge < -0.3 is 0 Å². The van der Waals surface area contributed by atoms with Gasteiger partial charge in [0.1, 0.15) is 17.3 Å². The van der Waals surface area contributed by atoms with Crippen LogP contribution < -0.4 is 0 Å². The van der Waals surface area contributed by atoms with Crippen LogP contribution in [0.5, 0.6) is 0 Å². The molecule has 1 heterocycles. The third-order valence-corrected chi connectivity index (χ3v) is 3.60. The van der Waals surface area contributed by atoms with Gasteiger partial charge in [0.2, 0.25) is 0 Å². The summed E-state index contributed by atoms with van der Waals surface area (Å²) in [5.74, 6) is 0. The summed E-state index contributed by atoms with van der Waals surface area (Å²) in [6.45, 7) is 0. The van der Waals surface area contributed by atoms with Crippen molar-refractivity contribution in [3.05, 3.63) is 70.9 Å². The van der Waals surface area contributed by atoms with E-state index in [1.165, 1.54) is 4.68 Å². The standard InChI is InChI=1S/C17H10ClF2N3/c18-12-8-6-11(7-9-12)16-14(10-21)15(17(19)20)22-23(16)13-4-2-1-3-5-13/h1-9,17H. The molecule has 0 radical (unpaired) electrons. The first-order valence-electron chi connectivity index (χ1n) is 6.74. The van der Waals surface area contributed by atoms with Crippen LogP contribution in [0.1, 0.15) is 17.7 Å². The van der Waals surface area contributed by atoms with Crippen molar-refractivity contribution in [1.82, 2.24) is 9.78 Å². The highest BCUT2D eigenvalue weighted by molar-refractivity contribution is 6.30. The SMILES string of the molecule is N#Cc1c(C(F)F)nn(-c2ccccc2)c1-c1ccc(Cl)cc1. The number of halogens is 3. The van der Waals surface area contributed by atoms with Crippen molar-refractivity contribution in [2.45, 2.75) is 6.43 Å². The molecule has 0 saturated heterocycles. The van der Waals surface area contributed by atoms with E-state index >= 15 is 0 Å². The quantitative estimate of drug-likeness (QED) is 0.678. The van der Waals surface area contributed by atoms with Crippen LogP contribution in [0.25, 0.3) is 16.9 Å². The van der Waals surface area contributed by atoms with E-state index in [0.29, 0.717) is 22.0 Å². The van der Waals surface area contributed by atoms with Crippen LogP contribution in [0.2, 0.25) is 5.02 Å². The number of rotatable bonds is 3. The minimum Gasteiger partial charge on any atom is -0.231 e. The van der Waals surface area contributed by atoms with Crippen molar-refractivity contribution in [2.75, 3.05) is 0 Å². The summed E-state index contributed by atoms with van der Waals surface area (Å²) in [5.41, 5.74) is 0.855. The Morgan fingerprint density at radius 3 is 2.26 bits per heavy atom. The number of hydrogen-bond acceptors (Lipinski definition) is 2. The van der Waals surface area contributed by atoms with Crippen molar-refractivity contribution in [3.8, 4) is 23.0 Å². The van der Waals surface area contributed by atoms with Crippen molar-refractivity contribution < 1.29 is 8.78 Å². The molecule has 3 rings (SSSR count). The molecule has 0 aliphatic rings. The van der Waals surface area contributed by atoms with Crippen LogP contribution in [0, 0.1) is 11.3 Å². The van der Waals surface area contributed by atoms with Crippen LogP contribution in [0.3, 0.4) is 0 Å². The highest BCUT2D eigenvalue weighted by Gasteiger charge is 2.25. The lowest BCUT2D eigenvalue weighted by molar-refractivity contribution is 0.145. The molecule has 0 aliphatic carbocycles. The fourth-order valence-electron chi connectivity index (χ4n) is 2.33. The highest BCUT2D eigenvalue weighted by atomic mass is 35.5. The zero-order valence-corrected chi connectivity index (χ0v) is 12.5. The predicted octanol–water partition coefficient (Wildman–Crippen LogP) is 5.00. The maximum atomic E-state index is 13.3. The van der Waals surface area contributed by atoms with E-state index in [1.807, 2.05) is 12.1 Å². The Labute approximate surface area is 136 Å². The predicted molar refractivity (Wildman–Crippen MR) is 83.7 cm³/mol. The minimum atomic E-state index is -2.83. The lowest BCUT2D eigenvalue weighted by Gasteiger charge is -2.08. The second-order valence-electron chi connectivity index (χ2n) is 4.78. The highest BCUT2D eigenvalue weighted by Crippen LogP contribution is 2.33. The van der Waals surface area contributed by atoms with Gasteiger partial charge in [0.15, 0.2) is 0 Å². The normalized spacial score (nSPS) is 10.7. The van der Waals surface area contributed by atoms with Gasteiger partial charge >= 0.3 is 0 Å². The van der Waals surface area contributed by atoms with E-state index in [1.54, 1.807) is 48.5 Å². The first-order chi connectivity index (χ1) is 11.1. The zero-order chi connectivity index (χ0) is 16.4. The topological polar surface area (TPSA) is 41.6 Å². The Morgan fingerprint density at radius 1 is 1.04 bits per heavy atom. The van der Waals surface area contributed by atoms with Gasteiger partial charge in [-0.15, -0.1) is 0 Å². The summed E-state index contributed by atoms with van der Waals surface area (Å²) in [4.78, 5) is 0. The largest absolute Gasteiger partial charge is 0.283 e. The summed E-state index contributed by atoms with van der Waals surface area (Å²) in [5, 5.41) is 13.8. The molecule has 1 aromatic heterocycles. The molecule has 0 saturated carbocycles. The molecule has 0 unspecified atom stereocenters. The zero-order valence-electron chi connectivity index (χ0n) is 11.7. The molecule has 0 atom stereocenters. The molecular weight excluding hydrogens is 320 g/mol. The van der Waals surface area contributed by atoms with Crippen molar-refractivity contribution >= 4 is 11.6 Å². The number of nitrogens with zero attached hydrogens (tertiary/aromatic N) is 3. The molecular formula is C17H10ClF2N3. The molecule has 0 fully saturated rings. The maximum absolute atomic E-state index is 13.3. The van der Waals surface area contributed by atoms with Gasteiger partial charge in [0, 0.05) is 10.6 Å². The number of para-hydroxylation sites is 1. The Morgan fingerprint density at radius 2 is 1.70 bits per heavy atom. The summed E-state index contributed by atoms with van der Waals surface area (Å²) < 4.78 is 27.9. The Bertz CT molecular complexity index is 865. The summed E-state index contributed by atoms with van der Waals surface area (Å²) in [7, 11) is 0. The fourth-order valence-corrected chi connectivity index (χ4v) is 2.45. The van der Waals surface area contributed by atoms with Crippen LogP contribution in [0.15, 0.2) is 54.6 Å². The summed E-state index contributed by atoms with van der Waals surface area (Å²) in [6, 6.07) is 17.3. The van der Waals surface area contributed by atoms with Gasteiger partial charge in [0.25, 0.3) is 6.43 Å². The Balaban J connectivity index is 2.31. The minimum absolute atomic E-state index is 0.133. The lowest BCUT2D eigenvalue weighted by atomic mass is 10.1. The maximum Gasteiger partial charge on any atom is 0.283 e. The van der Waals surface area contributed by atoms with Crippen LogP contribution in [-0.2, 0) is 0 Å². The smallest absolute Gasteiger partial charge is 0.231 e. The van der Waals surface area contributed by atoms with Gasteiger partial charge in [-0.1, -0.05) is 41.9 Å². The molecule has 0 bridgehead atoms. The molecule has 0 amide bonds. The van der Waals surface area contributed by atoms with E-state index in [9.17, 15) is 14.0 Å². The van der Waals surface area contributed by atoms with E-state index < -0.39 is 12.1 Å². The van der Waals surface area contributed by atoms with Gasteiger partial charge in [-0.2, -0.15) is 10.4 Å². The number of benzene rings is 2. The average Bonchev–Trinajstić information content (AvgIpc) is 2.96. The number of alkyl halides is 2. The molecule has 23 heavy (non-hydrogen) atoms. The van der Waals surface area contributed by atoms with Crippen molar-refractivity contribution in [3.63, 3.8) is 0 Å². The molecule has 3 nitrogen and oxygen atoms in total. The van der Waals surface area contributed by atoms with Gasteiger partial charge in [-0.25, -0.2) is 13.5 Å². The van der Waals surface area contributed by atoms with Crippen LogP contribution in [0.4, 0.5) is 8.78 Å².